The van der Waals surface area contributed by atoms with Gasteiger partial charge in [-0.05, 0) is 30.3 Å². The summed E-state index contributed by atoms with van der Waals surface area (Å²) in [5.41, 5.74) is 14.0. The number of nitrogen functional groups attached to an aromatic ring is 2. The van der Waals surface area contributed by atoms with Crippen molar-refractivity contribution in [2.24, 2.45) is 0 Å². The molecule has 0 spiro atoms. The smallest absolute Gasteiger partial charge is 0.228 e. The quantitative estimate of drug-likeness (QED) is 0.614. The van der Waals surface area contributed by atoms with Gasteiger partial charge in [-0.2, -0.15) is 10.2 Å². The van der Waals surface area contributed by atoms with Gasteiger partial charge < -0.3 is 26.0 Å². The van der Waals surface area contributed by atoms with E-state index < -0.39 is 0 Å². The number of nitrogens with two attached hydrogens (primary N) is 2. The van der Waals surface area contributed by atoms with Gasteiger partial charge in [0.15, 0.2) is 0 Å². The van der Waals surface area contributed by atoms with Crippen LogP contribution in [0.1, 0.15) is 21.9 Å². The molecular weight excluding hydrogens is 376 g/mol. The van der Waals surface area contributed by atoms with Crippen molar-refractivity contribution in [1.29, 1.82) is 5.26 Å². The molecule has 1 atom stereocenters. The Kier molecular flexibility index (Phi) is 4.37. The molecule has 0 saturated carbocycles. The van der Waals surface area contributed by atoms with Crippen LogP contribution >= 0.6 is 11.8 Å². The van der Waals surface area contributed by atoms with Gasteiger partial charge in [0.2, 0.25) is 5.88 Å². The zero-order valence-electron chi connectivity index (χ0n) is 14.8. The zero-order valence-corrected chi connectivity index (χ0v) is 15.7. The highest BCUT2D eigenvalue weighted by Gasteiger charge is 2.33. The van der Waals surface area contributed by atoms with Crippen LogP contribution in [0.25, 0.3) is 0 Å². The van der Waals surface area contributed by atoms with Crippen LogP contribution in [0, 0.1) is 11.3 Å². The molecule has 2 heterocycles. The molecule has 4 rings (SSSR count). The number of phenolic OH excluding ortho intramolecular Hbond substituents is 1. The van der Waals surface area contributed by atoms with Gasteiger partial charge >= 0.3 is 0 Å². The van der Waals surface area contributed by atoms with Gasteiger partial charge in [-0.3, -0.25) is 0 Å². The van der Waals surface area contributed by atoms with E-state index >= 15 is 0 Å². The largest absolute Gasteiger partial charge is 0.508 e. The maximum atomic E-state index is 9.56. The fourth-order valence-electron chi connectivity index (χ4n) is 3.05. The minimum Gasteiger partial charge on any atom is -0.508 e. The van der Waals surface area contributed by atoms with Gasteiger partial charge in [-0.15, -0.1) is 11.8 Å². The van der Waals surface area contributed by atoms with Gasteiger partial charge in [-0.1, -0.05) is 6.07 Å². The van der Waals surface area contributed by atoms with Gasteiger partial charge in [0.1, 0.15) is 34.7 Å². The van der Waals surface area contributed by atoms with Crippen LogP contribution in [-0.2, 0) is 0 Å². The summed E-state index contributed by atoms with van der Waals surface area (Å²) in [6.45, 7) is 0. The Labute approximate surface area is 165 Å². The second-order valence-electron chi connectivity index (χ2n) is 6.11. The van der Waals surface area contributed by atoms with Crippen LogP contribution in [0.2, 0.25) is 0 Å². The molecule has 5 N–H and O–H groups in total. The highest BCUT2D eigenvalue weighted by molar-refractivity contribution is 7.99. The van der Waals surface area contributed by atoms with Gasteiger partial charge in [0, 0.05) is 16.5 Å². The summed E-state index contributed by atoms with van der Waals surface area (Å²) in [5.74, 6) is 1.71. The molecule has 1 unspecified atom stereocenters. The molecule has 1 aliphatic heterocycles. The molecule has 8 heteroatoms. The van der Waals surface area contributed by atoms with E-state index in [2.05, 4.69) is 4.98 Å². The number of anilines is 2. The molecule has 1 aromatic heterocycles. The number of rotatable bonds is 3. The highest BCUT2D eigenvalue weighted by atomic mass is 32.2. The average molecular weight is 392 g/mol. The van der Waals surface area contributed by atoms with Crippen LogP contribution in [-0.4, -0.2) is 17.2 Å². The number of nitriles is 1. The first-order valence-electron chi connectivity index (χ1n) is 8.32. The van der Waals surface area contributed by atoms with Crippen molar-refractivity contribution >= 4 is 23.3 Å². The number of fused-ring (bicyclic) bond motifs is 2. The summed E-state index contributed by atoms with van der Waals surface area (Å²) in [6, 6.07) is 14.4. The highest BCUT2D eigenvalue weighted by Crippen LogP contribution is 2.54. The number of benzene rings is 2. The molecule has 2 aromatic carbocycles. The third kappa shape index (κ3) is 2.92. The number of aromatic hydroxyl groups is 1. The molecule has 0 aliphatic carbocycles. The van der Waals surface area contributed by atoms with Crippen molar-refractivity contribution < 1.29 is 14.6 Å². The number of hydrogen-bond acceptors (Lipinski definition) is 8. The van der Waals surface area contributed by atoms with Crippen LogP contribution in [0.3, 0.4) is 0 Å². The van der Waals surface area contributed by atoms with Crippen molar-refractivity contribution in [3.8, 4) is 29.2 Å². The normalized spacial score (nSPS) is 14.4. The van der Waals surface area contributed by atoms with E-state index in [9.17, 15) is 10.4 Å². The molecule has 140 valence electrons. The van der Waals surface area contributed by atoms with Crippen molar-refractivity contribution in [3.05, 3.63) is 59.2 Å². The summed E-state index contributed by atoms with van der Waals surface area (Å²) in [5, 5.41) is 18.7. The standard InChI is InChI=1S/C20H16N4O3S/c1-26-11-4-7-13-15(8-11)27-20-16(17(22)14(9-21)19(23)24-20)18(13)28-12-5-2-10(25)3-6-12/h2-8,18,25H,1H3,(H4,22,23,24). The number of ether oxygens (including phenoxy) is 2. The maximum Gasteiger partial charge on any atom is 0.228 e. The minimum atomic E-state index is -0.283. The number of hydrogen-bond donors (Lipinski definition) is 3. The lowest BCUT2D eigenvalue weighted by Crippen LogP contribution is -2.15. The van der Waals surface area contributed by atoms with Crippen LogP contribution in [0.5, 0.6) is 23.1 Å². The van der Waals surface area contributed by atoms with Crippen LogP contribution in [0.4, 0.5) is 11.5 Å². The van der Waals surface area contributed by atoms with E-state index in [1.54, 1.807) is 25.3 Å². The predicted molar refractivity (Wildman–Crippen MR) is 107 cm³/mol. The molecule has 0 radical (unpaired) electrons. The Hall–Kier alpha value is -3.57. The monoisotopic (exact) mass is 392 g/mol. The number of methoxy groups -OCH3 is 1. The number of phenols is 1. The summed E-state index contributed by atoms with van der Waals surface area (Å²) >= 11 is 1.51. The third-order valence-electron chi connectivity index (χ3n) is 4.44. The molecule has 0 bridgehead atoms. The number of nitrogens with zero attached hydrogens (tertiary/aromatic N) is 2. The summed E-state index contributed by atoms with van der Waals surface area (Å²) < 4.78 is 11.2. The van der Waals surface area contributed by atoms with E-state index in [1.165, 1.54) is 11.8 Å². The van der Waals surface area contributed by atoms with E-state index in [0.29, 0.717) is 17.1 Å². The Morgan fingerprint density at radius 1 is 1.21 bits per heavy atom. The molecule has 7 nitrogen and oxygen atoms in total. The zero-order chi connectivity index (χ0) is 19.8. The Balaban J connectivity index is 1.90. The van der Waals surface area contributed by atoms with Gasteiger partial charge in [-0.25, -0.2) is 0 Å². The average Bonchev–Trinajstić information content (AvgIpc) is 2.69. The van der Waals surface area contributed by atoms with E-state index in [1.807, 2.05) is 30.3 Å². The number of thioether (sulfide) groups is 1. The SMILES string of the molecule is COc1ccc2c(c1)Oc1nc(N)c(C#N)c(N)c1C2Sc1ccc(O)cc1. The van der Waals surface area contributed by atoms with Gasteiger partial charge in [0.25, 0.3) is 0 Å². The fourth-order valence-corrected chi connectivity index (χ4v) is 4.28. The molecule has 3 aromatic rings. The first-order valence-corrected chi connectivity index (χ1v) is 9.20. The molecule has 1 aliphatic rings. The Morgan fingerprint density at radius 3 is 2.64 bits per heavy atom. The van der Waals surface area contributed by atoms with Crippen LogP contribution < -0.4 is 20.9 Å². The van der Waals surface area contributed by atoms with E-state index in [4.69, 9.17) is 20.9 Å². The van der Waals surface area contributed by atoms with Crippen molar-refractivity contribution in [1.82, 2.24) is 4.98 Å². The lowest BCUT2D eigenvalue weighted by molar-refractivity contribution is 0.402. The summed E-state index contributed by atoms with van der Waals surface area (Å²) in [4.78, 5) is 5.17. The van der Waals surface area contributed by atoms with E-state index in [-0.39, 0.29) is 33.9 Å². The second-order valence-corrected chi connectivity index (χ2v) is 7.29. The minimum absolute atomic E-state index is 0.0264. The van der Waals surface area contributed by atoms with E-state index in [0.717, 1.165) is 10.5 Å². The van der Waals surface area contributed by atoms with Crippen molar-refractivity contribution in [2.45, 2.75) is 10.1 Å². The Bertz CT molecular complexity index is 1110. The number of aromatic nitrogens is 1. The van der Waals surface area contributed by atoms with Gasteiger partial charge in [0.05, 0.1) is 23.6 Å². The first-order chi connectivity index (χ1) is 13.5. The topological polar surface area (TPSA) is 127 Å². The molecule has 0 saturated heterocycles. The van der Waals surface area contributed by atoms with Crippen LogP contribution in [0.15, 0.2) is 47.4 Å². The lowest BCUT2D eigenvalue weighted by atomic mass is 9.98. The fraction of sp³-hybridized carbons (Fsp3) is 0.100. The molecular formula is C20H16N4O3S. The summed E-state index contributed by atoms with van der Waals surface area (Å²) in [7, 11) is 1.58. The summed E-state index contributed by atoms with van der Waals surface area (Å²) in [6.07, 6.45) is 0. The maximum absolute atomic E-state index is 9.56. The van der Waals surface area contributed by atoms with Crippen molar-refractivity contribution in [3.63, 3.8) is 0 Å². The molecule has 28 heavy (non-hydrogen) atoms. The second kappa shape index (κ2) is 6.87. The molecule has 0 amide bonds. The first kappa shape index (κ1) is 17.8. The molecule has 0 fully saturated rings. The van der Waals surface area contributed by atoms with Crippen molar-refractivity contribution in [2.75, 3.05) is 18.6 Å². The lowest BCUT2D eigenvalue weighted by Gasteiger charge is -2.29. The third-order valence-corrected chi connectivity index (χ3v) is 5.71. The number of pyridine rings is 1. The predicted octanol–water partition coefficient (Wildman–Crippen LogP) is 3.82. The Morgan fingerprint density at radius 2 is 1.96 bits per heavy atom.